The third-order valence-electron chi connectivity index (χ3n) is 4.43. The Hall–Kier alpha value is -2.59. The van der Waals surface area contributed by atoms with Crippen molar-refractivity contribution in [1.29, 1.82) is 0 Å². The lowest BCUT2D eigenvalue weighted by atomic mass is 9.92. The van der Waals surface area contributed by atoms with Gasteiger partial charge in [-0.05, 0) is 31.5 Å². The van der Waals surface area contributed by atoms with E-state index < -0.39 is 17.7 Å². The standard InChI is InChI=1S/C19H21Cl2N5O4/c1-19(2,29)16(9-4-5-10(20)11(21)6-9)24-18(28)23-14-7-12-15(13(8-27)22-14)17(30-3)26-25-12/h4-7,16,27,29H,8H2,1-3H3,(H,25,26)(H2,22,23,24,28)/t16-/m0/s1. The number of H-pyrrole nitrogens is 1. The van der Waals surface area contributed by atoms with Crippen molar-refractivity contribution in [1.82, 2.24) is 20.5 Å². The van der Waals surface area contributed by atoms with Gasteiger partial charge in [0.25, 0.3) is 0 Å². The Morgan fingerprint density at radius 3 is 2.63 bits per heavy atom. The van der Waals surface area contributed by atoms with Crippen molar-refractivity contribution in [3.63, 3.8) is 0 Å². The van der Waals surface area contributed by atoms with Gasteiger partial charge in [-0.1, -0.05) is 29.3 Å². The predicted octanol–water partition coefficient (Wildman–Crippen LogP) is 3.40. The number of carbonyl (C=O) groups is 1. The number of amides is 2. The van der Waals surface area contributed by atoms with Crippen molar-refractivity contribution >= 4 is 46.0 Å². The molecule has 0 bridgehead atoms. The van der Waals surface area contributed by atoms with Crippen molar-refractivity contribution in [2.24, 2.45) is 0 Å². The van der Waals surface area contributed by atoms with Gasteiger partial charge in [0, 0.05) is 6.07 Å². The monoisotopic (exact) mass is 453 g/mol. The Balaban J connectivity index is 1.86. The molecule has 3 aromatic rings. The second-order valence-corrected chi connectivity index (χ2v) is 7.94. The third-order valence-corrected chi connectivity index (χ3v) is 5.17. The molecule has 0 saturated carbocycles. The lowest BCUT2D eigenvalue weighted by Gasteiger charge is -2.30. The van der Waals surface area contributed by atoms with Crippen molar-refractivity contribution in [2.75, 3.05) is 12.4 Å². The maximum atomic E-state index is 12.6. The minimum atomic E-state index is -1.31. The molecule has 0 fully saturated rings. The van der Waals surface area contributed by atoms with Crippen molar-refractivity contribution in [3.05, 3.63) is 45.6 Å². The lowest BCUT2D eigenvalue weighted by molar-refractivity contribution is 0.0415. The van der Waals surface area contributed by atoms with E-state index >= 15 is 0 Å². The highest BCUT2D eigenvalue weighted by molar-refractivity contribution is 6.42. The second-order valence-electron chi connectivity index (χ2n) is 7.13. The van der Waals surface area contributed by atoms with E-state index in [1.165, 1.54) is 7.11 Å². The molecule has 11 heteroatoms. The summed E-state index contributed by atoms with van der Waals surface area (Å²) in [5, 5.41) is 33.5. The predicted molar refractivity (Wildman–Crippen MR) is 114 cm³/mol. The molecular formula is C19H21Cl2N5O4. The normalized spacial score (nSPS) is 12.6. The van der Waals surface area contributed by atoms with Gasteiger partial charge in [-0.2, -0.15) is 0 Å². The number of aliphatic hydroxyl groups excluding tert-OH is 1. The van der Waals surface area contributed by atoms with E-state index in [1.54, 1.807) is 38.1 Å². The Labute approximate surface area is 182 Å². The van der Waals surface area contributed by atoms with E-state index in [-0.39, 0.29) is 18.1 Å². The highest BCUT2D eigenvalue weighted by Crippen LogP contribution is 2.31. The summed E-state index contributed by atoms with van der Waals surface area (Å²) in [5.74, 6) is 0.471. The van der Waals surface area contributed by atoms with E-state index in [2.05, 4.69) is 25.8 Å². The van der Waals surface area contributed by atoms with Crippen molar-refractivity contribution in [3.8, 4) is 5.88 Å². The number of benzene rings is 1. The summed E-state index contributed by atoms with van der Waals surface area (Å²) in [6.07, 6.45) is 0. The number of ether oxygens (including phenoxy) is 1. The number of halogens is 2. The molecule has 0 aliphatic heterocycles. The second kappa shape index (κ2) is 8.65. The molecule has 5 N–H and O–H groups in total. The maximum Gasteiger partial charge on any atom is 0.320 e. The van der Waals surface area contributed by atoms with Crippen LogP contribution in [-0.2, 0) is 6.61 Å². The topological polar surface area (TPSA) is 132 Å². The van der Waals surface area contributed by atoms with Gasteiger partial charge in [-0.25, -0.2) is 9.78 Å². The number of hydrogen-bond donors (Lipinski definition) is 5. The first-order valence-electron chi connectivity index (χ1n) is 8.91. The third kappa shape index (κ3) is 4.59. The number of urea groups is 1. The average molecular weight is 454 g/mol. The van der Waals surface area contributed by atoms with Crippen LogP contribution < -0.4 is 15.4 Å². The minimum Gasteiger partial charge on any atom is -0.479 e. The minimum absolute atomic E-state index is 0.180. The van der Waals surface area contributed by atoms with Gasteiger partial charge in [0.15, 0.2) is 0 Å². The van der Waals surface area contributed by atoms with Crippen LogP contribution in [0, 0.1) is 0 Å². The number of anilines is 1. The first-order valence-corrected chi connectivity index (χ1v) is 9.67. The van der Waals surface area contributed by atoms with E-state index in [0.29, 0.717) is 32.4 Å². The molecule has 0 aliphatic rings. The van der Waals surface area contributed by atoms with Crippen LogP contribution in [0.5, 0.6) is 5.88 Å². The first-order chi connectivity index (χ1) is 14.1. The van der Waals surface area contributed by atoms with Gasteiger partial charge in [0.05, 0.1) is 52.0 Å². The number of fused-ring (bicyclic) bond motifs is 1. The van der Waals surface area contributed by atoms with E-state index in [4.69, 9.17) is 27.9 Å². The summed E-state index contributed by atoms with van der Waals surface area (Å²) in [5.41, 5.74) is 0.0882. The van der Waals surface area contributed by atoms with Gasteiger partial charge in [0.1, 0.15) is 5.82 Å². The molecule has 160 valence electrons. The molecule has 0 aliphatic carbocycles. The van der Waals surface area contributed by atoms with Gasteiger partial charge in [-0.15, -0.1) is 5.10 Å². The SMILES string of the molecule is COc1n[nH]c2cc(NC(=O)N[C@@H](c3ccc(Cl)c(Cl)c3)C(C)(C)O)nc(CO)c12. The van der Waals surface area contributed by atoms with Crippen LogP contribution in [0.3, 0.4) is 0 Å². The highest BCUT2D eigenvalue weighted by atomic mass is 35.5. The number of methoxy groups -OCH3 is 1. The fourth-order valence-electron chi connectivity index (χ4n) is 3.06. The van der Waals surface area contributed by atoms with Gasteiger partial charge >= 0.3 is 6.03 Å². The number of carbonyl (C=O) groups excluding carboxylic acids is 1. The Kier molecular flexibility index (Phi) is 6.37. The van der Waals surface area contributed by atoms with Crippen LogP contribution in [0.1, 0.15) is 31.1 Å². The number of pyridine rings is 1. The largest absolute Gasteiger partial charge is 0.479 e. The van der Waals surface area contributed by atoms with Crippen molar-refractivity contribution < 1.29 is 19.7 Å². The van der Waals surface area contributed by atoms with Crippen molar-refractivity contribution in [2.45, 2.75) is 32.1 Å². The van der Waals surface area contributed by atoms with Crippen LogP contribution in [0.25, 0.3) is 10.9 Å². The first kappa shape index (κ1) is 22.1. The van der Waals surface area contributed by atoms with Crippen LogP contribution in [0.4, 0.5) is 10.6 Å². The van der Waals surface area contributed by atoms with Crippen LogP contribution in [0.2, 0.25) is 10.0 Å². The Bertz CT molecular complexity index is 1080. The smallest absolute Gasteiger partial charge is 0.320 e. The Morgan fingerprint density at radius 1 is 1.30 bits per heavy atom. The zero-order valence-electron chi connectivity index (χ0n) is 16.5. The molecule has 0 unspecified atom stereocenters. The van der Waals surface area contributed by atoms with E-state index in [1.807, 2.05) is 0 Å². The molecule has 2 aromatic heterocycles. The molecular weight excluding hydrogens is 433 g/mol. The van der Waals surface area contributed by atoms with Crippen LogP contribution in [0.15, 0.2) is 24.3 Å². The van der Waals surface area contributed by atoms with Crippen LogP contribution >= 0.6 is 23.2 Å². The molecule has 1 atom stereocenters. The van der Waals surface area contributed by atoms with Gasteiger partial charge in [-0.3, -0.25) is 10.4 Å². The molecule has 1 aromatic carbocycles. The number of nitrogens with zero attached hydrogens (tertiary/aromatic N) is 2. The summed E-state index contributed by atoms with van der Waals surface area (Å²) in [7, 11) is 1.45. The molecule has 0 saturated heterocycles. The number of aliphatic hydroxyl groups is 2. The summed E-state index contributed by atoms with van der Waals surface area (Å²) >= 11 is 12.0. The van der Waals surface area contributed by atoms with E-state index in [0.717, 1.165) is 0 Å². The van der Waals surface area contributed by atoms with E-state index in [9.17, 15) is 15.0 Å². The Morgan fingerprint density at radius 2 is 2.03 bits per heavy atom. The van der Waals surface area contributed by atoms with Crippen LogP contribution in [-0.4, -0.2) is 44.1 Å². The average Bonchev–Trinajstić information content (AvgIpc) is 3.10. The molecule has 30 heavy (non-hydrogen) atoms. The quantitative estimate of drug-likeness (QED) is 0.388. The number of nitrogens with one attached hydrogen (secondary N) is 3. The lowest BCUT2D eigenvalue weighted by Crippen LogP contribution is -2.44. The molecule has 2 heterocycles. The summed E-state index contributed by atoms with van der Waals surface area (Å²) < 4.78 is 5.15. The molecule has 9 nitrogen and oxygen atoms in total. The molecule has 0 radical (unpaired) electrons. The maximum absolute atomic E-state index is 12.6. The summed E-state index contributed by atoms with van der Waals surface area (Å²) in [4.78, 5) is 16.9. The molecule has 0 spiro atoms. The summed E-state index contributed by atoms with van der Waals surface area (Å²) in [6, 6.07) is 4.99. The summed E-state index contributed by atoms with van der Waals surface area (Å²) in [6.45, 7) is 2.75. The number of hydrogen-bond acceptors (Lipinski definition) is 6. The zero-order valence-corrected chi connectivity index (χ0v) is 18.0. The fourth-order valence-corrected chi connectivity index (χ4v) is 3.37. The zero-order chi connectivity index (χ0) is 22.1. The number of aromatic nitrogens is 3. The van der Waals surface area contributed by atoms with Gasteiger partial charge in [0.2, 0.25) is 5.88 Å². The highest BCUT2D eigenvalue weighted by Gasteiger charge is 2.30. The van der Waals surface area contributed by atoms with Gasteiger partial charge < -0.3 is 20.3 Å². The molecule has 2 amide bonds. The fraction of sp³-hybridized carbons (Fsp3) is 0.316. The number of rotatable bonds is 6. The number of aromatic amines is 1. The molecule has 3 rings (SSSR count).